The van der Waals surface area contributed by atoms with Crippen LogP contribution >= 0.6 is 11.6 Å². The number of aliphatic hydroxyl groups excluding tert-OH is 1. The molecule has 2 N–H and O–H groups in total. The molecular weight excluding hydrogens is 242 g/mol. The summed E-state index contributed by atoms with van der Waals surface area (Å²) in [6.07, 6.45) is 0.851. The topological polar surface area (TPSA) is 62.3 Å². The zero-order valence-corrected chi connectivity index (χ0v) is 9.78. The molecule has 1 aromatic carbocycles. The van der Waals surface area contributed by atoms with Gasteiger partial charge in [-0.2, -0.15) is 0 Å². The second-order valence-electron chi connectivity index (χ2n) is 3.64. The highest BCUT2D eigenvalue weighted by atomic mass is 35.5. The molecular formula is C12H12ClNO3. The summed E-state index contributed by atoms with van der Waals surface area (Å²) in [5, 5.41) is 10.6. The van der Waals surface area contributed by atoms with Crippen molar-refractivity contribution in [2.24, 2.45) is 0 Å². The average Bonchev–Trinajstić information content (AvgIpc) is 2.36. The molecule has 2 rings (SSSR count). The molecule has 0 aliphatic rings. The van der Waals surface area contributed by atoms with Gasteiger partial charge in [0, 0.05) is 11.6 Å². The fraction of sp³-hybridized carbons (Fsp3) is 0.250. The number of hydrogen-bond acceptors (Lipinski definition) is 3. The molecule has 2 aromatic rings. The molecule has 4 nitrogen and oxygen atoms in total. The van der Waals surface area contributed by atoms with E-state index in [9.17, 15) is 9.90 Å². The Bertz CT molecular complexity index is 567. The van der Waals surface area contributed by atoms with Gasteiger partial charge in [-0.15, -0.1) is 11.6 Å². The minimum absolute atomic E-state index is 0.107. The monoisotopic (exact) mass is 253 g/mol. The van der Waals surface area contributed by atoms with E-state index in [0.717, 1.165) is 5.39 Å². The predicted octanol–water partition coefficient (Wildman–Crippen LogP) is 1.51. The largest absolute Gasteiger partial charge is 0.490 e. The molecule has 0 bridgehead atoms. The first-order valence-corrected chi connectivity index (χ1v) is 5.73. The standard InChI is InChI=1S/C12H12ClNO3/c13-6-8(15)7-17-11-3-1-2-10-9(11)4-5-14-12(10)16/h1-5,8,15H,6-7H2,(H,14,16). The Morgan fingerprint density at radius 2 is 2.18 bits per heavy atom. The molecule has 5 heteroatoms. The Morgan fingerprint density at radius 1 is 1.35 bits per heavy atom. The van der Waals surface area contributed by atoms with Crippen LogP contribution < -0.4 is 10.3 Å². The van der Waals surface area contributed by atoms with E-state index in [2.05, 4.69) is 4.98 Å². The lowest BCUT2D eigenvalue weighted by molar-refractivity contribution is 0.126. The average molecular weight is 254 g/mol. The van der Waals surface area contributed by atoms with Crippen molar-refractivity contribution in [3.8, 4) is 5.75 Å². The molecule has 0 spiro atoms. The summed E-state index contributed by atoms with van der Waals surface area (Å²) in [5.41, 5.74) is -0.161. The quantitative estimate of drug-likeness (QED) is 0.812. The lowest BCUT2D eigenvalue weighted by atomic mass is 10.1. The molecule has 0 aliphatic heterocycles. The Kier molecular flexibility index (Phi) is 3.66. The number of aliphatic hydroxyl groups is 1. The predicted molar refractivity (Wildman–Crippen MR) is 66.8 cm³/mol. The van der Waals surface area contributed by atoms with Crippen LogP contribution in [0.5, 0.6) is 5.75 Å². The van der Waals surface area contributed by atoms with Gasteiger partial charge in [-0.05, 0) is 18.2 Å². The molecule has 1 heterocycles. The van der Waals surface area contributed by atoms with Gasteiger partial charge in [0.2, 0.25) is 0 Å². The van der Waals surface area contributed by atoms with Gasteiger partial charge in [0.15, 0.2) is 0 Å². The van der Waals surface area contributed by atoms with Crippen LogP contribution in [0.2, 0.25) is 0 Å². The molecule has 0 amide bonds. The van der Waals surface area contributed by atoms with Crippen LogP contribution in [0.25, 0.3) is 10.8 Å². The first-order valence-electron chi connectivity index (χ1n) is 5.19. The molecule has 0 aliphatic carbocycles. The number of rotatable bonds is 4. The number of aromatic amines is 1. The van der Waals surface area contributed by atoms with E-state index in [1.54, 1.807) is 30.5 Å². The summed E-state index contributed by atoms with van der Waals surface area (Å²) >= 11 is 5.48. The number of pyridine rings is 1. The van der Waals surface area contributed by atoms with Crippen LogP contribution in [-0.2, 0) is 0 Å². The molecule has 1 aromatic heterocycles. The van der Waals surface area contributed by atoms with Gasteiger partial charge in [-0.1, -0.05) is 6.07 Å². The van der Waals surface area contributed by atoms with Crippen LogP contribution in [0.15, 0.2) is 35.3 Å². The third kappa shape index (κ3) is 2.60. The Labute approximate surface area is 103 Å². The van der Waals surface area contributed by atoms with Gasteiger partial charge >= 0.3 is 0 Å². The molecule has 0 radical (unpaired) electrons. The summed E-state index contributed by atoms with van der Waals surface area (Å²) in [5.74, 6) is 0.684. The zero-order valence-electron chi connectivity index (χ0n) is 9.02. The number of ether oxygens (including phenoxy) is 1. The minimum Gasteiger partial charge on any atom is -0.490 e. The molecule has 1 atom stereocenters. The molecule has 0 saturated heterocycles. The highest BCUT2D eigenvalue weighted by Gasteiger charge is 2.07. The van der Waals surface area contributed by atoms with Crippen LogP contribution in [0.3, 0.4) is 0 Å². The van der Waals surface area contributed by atoms with Gasteiger partial charge in [-0.3, -0.25) is 4.79 Å². The highest BCUT2D eigenvalue weighted by Crippen LogP contribution is 2.22. The number of aromatic nitrogens is 1. The van der Waals surface area contributed by atoms with E-state index >= 15 is 0 Å². The van der Waals surface area contributed by atoms with Gasteiger partial charge in [0.1, 0.15) is 18.5 Å². The Hall–Kier alpha value is -1.52. The maximum atomic E-state index is 11.5. The van der Waals surface area contributed by atoms with Crippen LogP contribution in [-0.4, -0.2) is 28.7 Å². The van der Waals surface area contributed by atoms with Crippen molar-refractivity contribution in [1.29, 1.82) is 0 Å². The summed E-state index contributed by atoms with van der Waals surface area (Å²) in [6.45, 7) is 0.107. The molecule has 17 heavy (non-hydrogen) atoms. The first-order chi connectivity index (χ1) is 8.22. The fourth-order valence-electron chi connectivity index (χ4n) is 1.55. The number of nitrogens with one attached hydrogen (secondary N) is 1. The van der Waals surface area contributed by atoms with E-state index in [-0.39, 0.29) is 18.0 Å². The number of halogens is 1. The first kappa shape index (κ1) is 12.0. The van der Waals surface area contributed by atoms with Gasteiger partial charge in [0.25, 0.3) is 5.56 Å². The van der Waals surface area contributed by atoms with E-state index in [1.165, 1.54) is 0 Å². The number of benzene rings is 1. The highest BCUT2D eigenvalue weighted by molar-refractivity contribution is 6.18. The Morgan fingerprint density at radius 3 is 2.94 bits per heavy atom. The molecule has 90 valence electrons. The van der Waals surface area contributed by atoms with Crippen molar-refractivity contribution in [3.63, 3.8) is 0 Å². The van der Waals surface area contributed by atoms with E-state index < -0.39 is 6.10 Å². The van der Waals surface area contributed by atoms with E-state index in [4.69, 9.17) is 16.3 Å². The van der Waals surface area contributed by atoms with Crippen molar-refractivity contribution in [2.45, 2.75) is 6.10 Å². The van der Waals surface area contributed by atoms with Gasteiger partial charge < -0.3 is 14.8 Å². The molecule has 0 fully saturated rings. The smallest absolute Gasteiger partial charge is 0.255 e. The normalized spacial score (nSPS) is 12.6. The van der Waals surface area contributed by atoms with E-state index in [0.29, 0.717) is 11.1 Å². The van der Waals surface area contributed by atoms with E-state index in [1.807, 2.05) is 0 Å². The maximum Gasteiger partial charge on any atom is 0.255 e. The summed E-state index contributed by atoms with van der Waals surface area (Å²) in [7, 11) is 0. The van der Waals surface area contributed by atoms with Crippen molar-refractivity contribution in [2.75, 3.05) is 12.5 Å². The van der Waals surface area contributed by atoms with Gasteiger partial charge in [0.05, 0.1) is 11.3 Å². The van der Waals surface area contributed by atoms with Crippen molar-refractivity contribution >= 4 is 22.4 Å². The minimum atomic E-state index is -0.714. The van der Waals surface area contributed by atoms with Crippen molar-refractivity contribution in [1.82, 2.24) is 4.98 Å². The van der Waals surface area contributed by atoms with Crippen molar-refractivity contribution in [3.05, 3.63) is 40.8 Å². The number of alkyl halides is 1. The second-order valence-corrected chi connectivity index (χ2v) is 3.95. The van der Waals surface area contributed by atoms with Crippen LogP contribution in [0.1, 0.15) is 0 Å². The fourth-order valence-corrected chi connectivity index (χ4v) is 1.64. The third-order valence-corrected chi connectivity index (χ3v) is 2.74. The van der Waals surface area contributed by atoms with Gasteiger partial charge in [-0.25, -0.2) is 0 Å². The number of H-pyrrole nitrogens is 1. The lowest BCUT2D eigenvalue weighted by Gasteiger charge is -2.11. The van der Waals surface area contributed by atoms with Crippen molar-refractivity contribution < 1.29 is 9.84 Å². The third-order valence-electron chi connectivity index (χ3n) is 2.38. The van der Waals surface area contributed by atoms with Crippen LogP contribution in [0.4, 0.5) is 0 Å². The lowest BCUT2D eigenvalue weighted by Crippen LogP contribution is -2.19. The maximum absolute atomic E-state index is 11.5. The zero-order chi connectivity index (χ0) is 12.3. The second kappa shape index (κ2) is 5.21. The number of fused-ring (bicyclic) bond motifs is 1. The van der Waals surface area contributed by atoms with Crippen LogP contribution in [0, 0.1) is 0 Å². The summed E-state index contributed by atoms with van der Waals surface area (Å²) in [4.78, 5) is 14.1. The number of hydrogen-bond donors (Lipinski definition) is 2. The summed E-state index contributed by atoms with van der Waals surface area (Å²) in [6, 6.07) is 6.97. The summed E-state index contributed by atoms with van der Waals surface area (Å²) < 4.78 is 5.44. The SMILES string of the molecule is O=c1[nH]ccc2c(OCC(O)CCl)cccc12. The molecule has 0 saturated carbocycles. The molecule has 1 unspecified atom stereocenters. The Balaban J connectivity index is 2.35.